The molecule has 0 amide bonds. The van der Waals surface area contributed by atoms with Crippen LogP contribution in [0.15, 0.2) is 11.6 Å². The first kappa shape index (κ1) is 50.7. The molecule has 18 nitrogen and oxygen atoms in total. The van der Waals surface area contributed by atoms with Gasteiger partial charge in [0.05, 0.1) is 30.3 Å². The van der Waals surface area contributed by atoms with Gasteiger partial charge in [-0.3, -0.25) is 0 Å². The molecule has 0 spiro atoms. The molecule has 3 saturated heterocycles. The zero-order valence-electron chi connectivity index (χ0n) is 39.5. The third-order valence-corrected chi connectivity index (χ3v) is 19.3. The van der Waals surface area contributed by atoms with Crippen molar-refractivity contribution < 1.29 is 89.1 Å². The number of hydrogen-bond acceptors (Lipinski definition) is 17. The van der Waals surface area contributed by atoms with E-state index in [-0.39, 0.29) is 50.9 Å². The van der Waals surface area contributed by atoms with Crippen molar-refractivity contribution in [3.63, 3.8) is 0 Å². The van der Waals surface area contributed by atoms with Gasteiger partial charge in [0, 0.05) is 5.41 Å². The zero-order valence-corrected chi connectivity index (χ0v) is 39.5. The Balaban J connectivity index is 1.08. The summed E-state index contributed by atoms with van der Waals surface area (Å²) in [4.78, 5) is 26.2. The molecule has 4 saturated carbocycles. The molecule has 66 heavy (non-hydrogen) atoms. The van der Waals surface area contributed by atoms with Crippen LogP contribution >= 0.6 is 0 Å². The number of carboxylic acid groups (broad SMARTS) is 1. The number of hydrogen-bond donors (Lipinski definition) is 10. The van der Waals surface area contributed by atoms with Crippen LogP contribution in [0.25, 0.3) is 0 Å². The van der Waals surface area contributed by atoms with E-state index in [0.29, 0.717) is 19.3 Å². The molecule has 0 radical (unpaired) electrons. The average molecular weight is 941 g/mol. The Kier molecular flexibility index (Phi) is 13.5. The van der Waals surface area contributed by atoms with Crippen LogP contribution in [-0.4, -0.2) is 174 Å². The fourth-order valence-electron chi connectivity index (χ4n) is 15.0. The first-order valence-corrected chi connectivity index (χ1v) is 24.1. The number of aliphatic hydroxyl groups excluding tert-OH is 9. The van der Waals surface area contributed by atoms with Crippen LogP contribution in [0.5, 0.6) is 0 Å². The number of carboxylic acids is 1. The first-order valence-electron chi connectivity index (χ1n) is 24.1. The molecule has 8 rings (SSSR count). The van der Waals surface area contributed by atoms with Crippen LogP contribution in [0.1, 0.15) is 113 Å². The topological polar surface area (TPSA) is 292 Å². The second kappa shape index (κ2) is 17.5. The third kappa shape index (κ3) is 7.70. The number of aliphatic carboxylic acids is 1. The smallest absolute Gasteiger partial charge is 0.335 e. The molecule has 0 aromatic heterocycles. The van der Waals surface area contributed by atoms with Gasteiger partial charge >= 0.3 is 5.97 Å². The van der Waals surface area contributed by atoms with E-state index in [1.165, 1.54) is 12.5 Å². The average Bonchev–Trinajstić information content (AvgIpc) is 3.25. The Morgan fingerprint density at radius 1 is 0.697 bits per heavy atom. The van der Waals surface area contributed by atoms with Gasteiger partial charge in [-0.1, -0.05) is 60.1 Å². The maximum absolute atomic E-state index is 13.7. The summed E-state index contributed by atoms with van der Waals surface area (Å²) < 4.78 is 36.0. The molecule has 3 heterocycles. The maximum Gasteiger partial charge on any atom is 0.335 e. The number of allylic oxidation sites excluding steroid dienone is 2. The van der Waals surface area contributed by atoms with Gasteiger partial charge in [0.15, 0.2) is 25.0 Å². The van der Waals surface area contributed by atoms with Gasteiger partial charge in [-0.2, -0.15) is 0 Å². The summed E-state index contributed by atoms with van der Waals surface area (Å²) in [6, 6.07) is 0. The molecule has 7 fully saturated rings. The van der Waals surface area contributed by atoms with E-state index < -0.39 is 116 Å². The normalized spacial score (nSPS) is 55.9. The molecular weight excluding hydrogens is 865 g/mol. The van der Waals surface area contributed by atoms with Crippen molar-refractivity contribution in [1.82, 2.24) is 0 Å². The minimum Gasteiger partial charge on any atom is -0.479 e. The van der Waals surface area contributed by atoms with Gasteiger partial charge < -0.3 is 84.3 Å². The molecule has 0 aromatic rings. The summed E-state index contributed by atoms with van der Waals surface area (Å²) in [5.41, 5.74) is -0.466. The second-order valence-electron chi connectivity index (χ2n) is 23.4. The predicted molar refractivity (Wildman–Crippen MR) is 230 cm³/mol. The minimum absolute atomic E-state index is 0.00548. The van der Waals surface area contributed by atoms with Crippen LogP contribution in [0.4, 0.5) is 0 Å². The van der Waals surface area contributed by atoms with Crippen molar-refractivity contribution in [2.24, 2.45) is 50.2 Å². The number of aldehydes is 1. The molecule has 10 N–H and O–H groups in total. The van der Waals surface area contributed by atoms with Crippen molar-refractivity contribution >= 4 is 12.3 Å². The lowest BCUT2D eigenvalue weighted by molar-refractivity contribution is -0.395. The van der Waals surface area contributed by atoms with E-state index in [1.807, 2.05) is 6.92 Å². The number of carbonyl (C=O) groups is 2. The van der Waals surface area contributed by atoms with Crippen molar-refractivity contribution in [2.75, 3.05) is 6.61 Å². The molecule has 3 aliphatic heterocycles. The Morgan fingerprint density at radius 2 is 1.33 bits per heavy atom. The zero-order chi connectivity index (χ0) is 48.4. The molecule has 376 valence electrons. The molecule has 8 aliphatic rings. The van der Waals surface area contributed by atoms with Gasteiger partial charge in [-0.25, -0.2) is 4.79 Å². The maximum atomic E-state index is 13.7. The van der Waals surface area contributed by atoms with Crippen molar-refractivity contribution in [2.45, 2.75) is 218 Å². The molecule has 0 unspecified atom stereocenters. The van der Waals surface area contributed by atoms with E-state index in [4.69, 9.17) is 28.4 Å². The van der Waals surface area contributed by atoms with Crippen LogP contribution < -0.4 is 0 Å². The summed E-state index contributed by atoms with van der Waals surface area (Å²) >= 11 is 0. The molecule has 0 aromatic carbocycles. The van der Waals surface area contributed by atoms with Crippen molar-refractivity contribution in [1.29, 1.82) is 0 Å². The van der Waals surface area contributed by atoms with Crippen LogP contribution in [0.2, 0.25) is 0 Å². The van der Waals surface area contributed by atoms with Gasteiger partial charge in [-0.15, -0.1) is 0 Å². The Labute approximate surface area is 386 Å². The summed E-state index contributed by atoms with van der Waals surface area (Å²) in [6.07, 6.45) is -17.4. The van der Waals surface area contributed by atoms with Gasteiger partial charge in [0.1, 0.15) is 67.3 Å². The van der Waals surface area contributed by atoms with Crippen molar-refractivity contribution in [3.8, 4) is 0 Å². The lowest BCUT2D eigenvalue weighted by atomic mass is 9.33. The fourth-order valence-corrected chi connectivity index (χ4v) is 15.0. The lowest BCUT2D eigenvalue weighted by Crippen LogP contribution is -2.68. The second-order valence-corrected chi connectivity index (χ2v) is 23.4. The summed E-state index contributed by atoms with van der Waals surface area (Å²) in [6.45, 7) is 16.4. The van der Waals surface area contributed by atoms with Crippen LogP contribution in [0, 0.1) is 50.2 Å². The highest BCUT2D eigenvalue weighted by molar-refractivity contribution is 5.73. The Hall–Kier alpha value is -1.72. The van der Waals surface area contributed by atoms with Crippen molar-refractivity contribution in [3.05, 3.63) is 11.6 Å². The summed E-state index contributed by atoms with van der Waals surface area (Å²) in [7, 11) is 0. The predicted octanol–water partition coefficient (Wildman–Crippen LogP) is 0.911. The number of rotatable bonds is 9. The van der Waals surface area contributed by atoms with Crippen LogP contribution in [0.3, 0.4) is 0 Å². The lowest BCUT2D eigenvalue weighted by Gasteiger charge is -2.71. The molecule has 0 bridgehead atoms. The standard InChI is InChI=1S/C48H76O18/c1-21-29(52)31(54)35(58)40(61-21)65-37-32(55)30(53)24(19-49)62-41(37)66-38-34(57)33(56)36(39(59)60)64-42(38)63-28-12-13-45(5)25(46(28,6)20-50)11-14-48(8)26(45)10-9-22-23-17-43(2,3)18-27(51)44(23,4)15-16-47(22,48)7/h9,20-21,23-38,40-42,49,51-58H,10-19H2,1-8H3,(H,59,60)/t21-,23-,24+,25-,26+,27+,28-,29-,30-,31+,32-,33-,34-,35+,36-,37+,38+,40-,41-,42+,44+,45-,46+,47+,48+/m0/s1. The highest BCUT2D eigenvalue weighted by Crippen LogP contribution is 2.75. The fraction of sp³-hybridized carbons (Fsp3) is 0.917. The molecule has 25 atom stereocenters. The highest BCUT2D eigenvalue weighted by atomic mass is 16.8. The van der Waals surface area contributed by atoms with Crippen LogP contribution in [-0.2, 0) is 38.0 Å². The monoisotopic (exact) mass is 941 g/mol. The Morgan fingerprint density at radius 3 is 1.97 bits per heavy atom. The number of carbonyl (C=O) groups excluding carboxylic acids is 1. The first-order chi connectivity index (χ1) is 30.7. The largest absolute Gasteiger partial charge is 0.479 e. The Bertz CT molecular complexity index is 1850. The number of ether oxygens (including phenoxy) is 6. The van der Waals surface area contributed by atoms with E-state index >= 15 is 0 Å². The number of fused-ring (bicyclic) bond motifs is 7. The van der Waals surface area contributed by atoms with Gasteiger partial charge in [0.2, 0.25) is 0 Å². The molecule has 5 aliphatic carbocycles. The van der Waals surface area contributed by atoms with E-state index in [0.717, 1.165) is 44.8 Å². The summed E-state index contributed by atoms with van der Waals surface area (Å²) in [5, 5.41) is 108. The highest BCUT2D eigenvalue weighted by Gasteiger charge is 2.70. The number of aliphatic hydroxyl groups is 9. The van der Waals surface area contributed by atoms with E-state index in [2.05, 4.69) is 47.6 Å². The third-order valence-electron chi connectivity index (χ3n) is 19.3. The summed E-state index contributed by atoms with van der Waals surface area (Å²) in [5.74, 6) is -1.36. The quantitative estimate of drug-likeness (QED) is 0.0873. The molecule has 18 heteroatoms. The SMILES string of the molecule is C[C@@H]1O[C@@H](O[C@H]2[C@H](O[C@H]3[C@H](O[C@H]4CC[C@@]5(C)[C@H](CC[C@]6(C)[C@@H]5CC=C5[C@@H]7CC(C)(C)C[C@@H](O)[C@]7(C)CC[C@]56C)[C@@]4(C)C=O)O[C@H](C(=O)O)[C@@H](O)[C@@H]3O)O[C@H](CO)[C@H](O)[C@@H]2O)[C@H](O)[C@H](O)[C@H]1O. The van der Waals surface area contributed by atoms with Gasteiger partial charge in [-0.05, 0) is 104 Å². The van der Waals surface area contributed by atoms with Gasteiger partial charge in [0.25, 0.3) is 0 Å². The molecular formula is C48H76O18. The minimum atomic E-state index is -2.09. The van der Waals surface area contributed by atoms with E-state index in [9.17, 15) is 60.7 Å². The van der Waals surface area contributed by atoms with E-state index in [1.54, 1.807) is 0 Å².